The Morgan fingerprint density at radius 1 is 1.58 bits per heavy atom. The van der Waals surface area contributed by atoms with Gasteiger partial charge in [0.15, 0.2) is 0 Å². The topological polar surface area (TPSA) is 78.6 Å². The summed E-state index contributed by atoms with van der Waals surface area (Å²) in [6.07, 6.45) is 4.65. The summed E-state index contributed by atoms with van der Waals surface area (Å²) in [5.41, 5.74) is 6.27. The van der Waals surface area contributed by atoms with Crippen LogP contribution in [0.2, 0.25) is 0 Å². The van der Waals surface area contributed by atoms with Crippen molar-refractivity contribution in [3.63, 3.8) is 0 Å². The van der Waals surface area contributed by atoms with Crippen LogP contribution in [0.1, 0.15) is 27.2 Å². The van der Waals surface area contributed by atoms with Crippen molar-refractivity contribution in [3.8, 4) is 0 Å². The van der Waals surface area contributed by atoms with Gasteiger partial charge in [0.25, 0.3) is 0 Å². The van der Waals surface area contributed by atoms with E-state index in [9.17, 15) is 4.79 Å². The Hall–Kier alpha value is -0.910. The summed E-state index contributed by atoms with van der Waals surface area (Å²) >= 11 is 0. The van der Waals surface area contributed by atoms with E-state index in [1.807, 2.05) is 20.0 Å². The zero-order valence-corrected chi connectivity index (χ0v) is 12.3. The molecule has 5 heteroatoms. The number of allylic oxidation sites excluding steroid dienone is 1. The molecule has 4 N–H and O–H groups in total. The van der Waals surface area contributed by atoms with Crippen molar-refractivity contribution in [2.45, 2.75) is 51.4 Å². The maximum atomic E-state index is 11.1. The Bertz CT molecular complexity index is 331. The molecule has 0 bridgehead atoms. The summed E-state index contributed by atoms with van der Waals surface area (Å²) < 4.78 is 0. The van der Waals surface area contributed by atoms with Crippen molar-refractivity contribution >= 4 is 5.97 Å². The van der Waals surface area contributed by atoms with Gasteiger partial charge in [-0.2, -0.15) is 0 Å². The van der Waals surface area contributed by atoms with Crippen molar-refractivity contribution in [2.75, 3.05) is 13.6 Å². The van der Waals surface area contributed by atoms with Gasteiger partial charge in [-0.05, 0) is 40.2 Å². The van der Waals surface area contributed by atoms with Crippen molar-refractivity contribution in [1.82, 2.24) is 10.2 Å². The van der Waals surface area contributed by atoms with Crippen molar-refractivity contribution < 1.29 is 9.90 Å². The lowest BCUT2D eigenvalue weighted by Crippen LogP contribution is -2.53. The fourth-order valence-corrected chi connectivity index (χ4v) is 2.56. The van der Waals surface area contributed by atoms with Gasteiger partial charge < -0.3 is 15.7 Å². The van der Waals surface area contributed by atoms with Gasteiger partial charge >= 0.3 is 5.97 Å². The normalized spacial score (nSPS) is 29.5. The van der Waals surface area contributed by atoms with Crippen molar-refractivity contribution in [2.24, 2.45) is 11.7 Å². The standard InChI is InChI=1S/C14H27N3O2/c1-5-6-10-7-12(14(18)19)16-13(10)11(15)8-17(4)9(2)3/h5-6,9-13,16H,7-8,15H2,1-4H3,(H,18,19)/b6-5-. The van der Waals surface area contributed by atoms with Crippen LogP contribution in [0, 0.1) is 5.92 Å². The molecule has 1 heterocycles. The van der Waals surface area contributed by atoms with Gasteiger partial charge in [-0.3, -0.25) is 10.1 Å². The summed E-state index contributed by atoms with van der Waals surface area (Å²) in [6, 6.07) is -0.0963. The van der Waals surface area contributed by atoms with Crippen LogP contribution in [-0.2, 0) is 4.79 Å². The smallest absolute Gasteiger partial charge is 0.320 e. The molecule has 5 nitrogen and oxygen atoms in total. The van der Waals surface area contributed by atoms with E-state index in [0.29, 0.717) is 12.5 Å². The van der Waals surface area contributed by atoms with E-state index in [1.165, 1.54) is 0 Å². The van der Waals surface area contributed by atoms with E-state index >= 15 is 0 Å². The molecule has 1 aliphatic heterocycles. The molecule has 0 aromatic rings. The fraction of sp³-hybridized carbons (Fsp3) is 0.786. The van der Waals surface area contributed by atoms with Crippen LogP contribution in [0.3, 0.4) is 0 Å². The third-order valence-corrected chi connectivity index (χ3v) is 3.94. The number of hydrogen-bond donors (Lipinski definition) is 3. The highest BCUT2D eigenvalue weighted by Gasteiger charge is 2.39. The first kappa shape index (κ1) is 16.1. The largest absolute Gasteiger partial charge is 0.480 e. The lowest BCUT2D eigenvalue weighted by Gasteiger charge is -2.30. The number of rotatable bonds is 6. The third kappa shape index (κ3) is 4.30. The Balaban J connectivity index is 2.69. The van der Waals surface area contributed by atoms with Crippen molar-refractivity contribution in [3.05, 3.63) is 12.2 Å². The van der Waals surface area contributed by atoms with E-state index in [0.717, 1.165) is 6.54 Å². The molecule has 0 aromatic heterocycles. The molecule has 1 aliphatic rings. The average molecular weight is 269 g/mol. The monoisotopic (exact) mass is 269 g/mol. The van der Waals surface area contributed by atoms with Gasteiger partial charge in [0.2, 0.25) is 0 Å². The zero-order chi connectivity index (χ0) is 14.6. The van der Waals surface area contributed by atoms with Gasteiger partial charge in [0, 0.05) is 24.7 Å². The summed E-state index contributed by atoms with van der Waals surface area (Å²) in [4.78, 5) is 13.3. The number of carboxylic acid groups (broad SMARTS) is 1. The fourth-order valence-electron chi connectivity index (χ4n) is 2.56. The Morgan fingerprint density at radius 3 is 2.68 bits per heavy atom. The molecule has 0 saturated carbocycles. The van der Waals surface area contributed by atoms with Gasteiger partial charge in [-0.25, -0.2) is 0 Å². The predicted octanol–water partition coefficient (Wildman–Crippen LogP) is 0.661. The second-order valence-electron chi connectivity index (χ2n) is 5.71. The van der Waals surface area contributed by atoms with Gasteiger partial charge in [-0.1, -0.05) is 12.2 Å². The quantitative estimate of drug-likeness (QED) is 0.617. The molecular formula is C14H27N3O2. The summed E-state index contributed by atoms with van der Waals surface area (Å²) in [5.74, 6) is -0.594. The summed E-state index contributed by atoms with van der Waals surface area (Å²) in [5, 5.41) is 12.3. The average Bonchev–Trinajstić information content (AvgIpc) is 2.73. The Kier molecular flexibility index (Phi) is 5.97. The number of nitrogens with one attached hydrogen (secondary N) is 1. The second-order valence-corrected chi connectivity index (χ2v) is 5.71. The molecule has 1 fully saturated rings. The molecule has 4 atom stereocenters. The van der Waals surface area contributed by atoms with Crippen LogP contribution in [0.15, 0.2) is 12.2 Å². The van der Waals surface area contributed by atoms with E-state index < -0.39 is 12.0 Å². The van der Waals surface area contributed by atoms with Crippen LogP contribution in [0.4, 0.5) is 0 Å². The first-order valence-electron chi connectivity index (χ1n) is 6.94. The molecule has 0 spiro atoms. The molecule has 0 amide bonds. The Morgan fingerprint density at radius 2 is 2.21 bits per heavy atom. The maximum absolute atomic E-state index is 11.1. The molecule has 0 aromatic carbocycles. The highest BCUT2D eigenvalue weighted by molar-refractivity contribution is 5.74. The highest BCUT2D eigenvalue weighted by Crippen LogP contribution is 2.24. The van der Waals surface area contributed by atoms with Crippen LogP contribution in [0.5, 0.6) is 0 Å². The SMILES string of the molecule is C/C=C\C1CC(C(=O)O)NC1C(N)CN(C)C(C)C. The van der Waals surface area contributed by atoms with Gasteiger partial charge in [0.05, 0.1) is 0 Å². The van der Waals surface area contributed by atoms with Crippen LogP contribution in [-0.4, -0.2) is 53.7 Å². The molecule has 0 aliphatic carbocycles. The first-order valence-corrected chi connectivity index (χ1v) is 6.94. The van der Waals surface area contributed by atoms with Crippen LogP contribution < -0.4 is 11.1 Å². The number of carbonyl (C=O) groups is 1. The molecule has 0 radical (unpaired) electrons. The number of likely N-dealkylation sites (N-methyl/N-ethyl adjacent to an activating group) is 1. The number of nitrogens with zero attached hydrogens (tertiary/aromatic N) is 1. The van der Waals surface area contributed by atoms with Crippen LogP contribution >= 0.6 is 0 Å². The number of carboxylic acids is 1. The summed E-state index contributed by atoms with van der Waals surface area (Å²) in [6.45, 7) is 6.96. The molecule has 1 saturated heterocycles. The van der Waals surface area contributed by atoms with E-state index in [1.54, 1.807) is 0 Å². The maximum Gasteiger partial charge on any atom is 0.320 e. The Labute approximate surface area is 115 Å². The minimum absolute atomic E-state index is 0.0264. The lowest BCUT2D eigenvalue weighted by atomic mass is 9.93. The highest BCUT2D eigenvalue weighted by atomic mass is 16.4. The molecule has 110 valence electrons. The molecule has 1 rings (SSSR count). The number of aliphatic carboxylic acids is 1. The zero-order valence-electron chi connectivity index (χ0n) is 12.3. The third-order valence-electron chi connectivity index (χ3n) is 3.94. The molecule has 19 heavy (non-hydrogen) atoms. The first-order chi connectivity index (χ1) is 8.86. The van der Waals surface area contributed by atoms with E-state index in [-0.39, 0.29) is 18.0 Å². The summed E-state index contributed by atoms with van der Waals surface area (Å²) in [7, 11) is 2.04. The van der Waals surface area contributed by atoms with E-state index in [2.05, 4.69) is 30.1 Å². The second kappa shape index (κ2) is 7.03. The molecular weight excluding hydrogens is 242 g/mol. The van der Waals surface area contributed by atoms with E-state index in [4.69, 9.17) is 10.8 Å². The number of hydrogen-bond acceptors (Lipinski definition) is 4. The van der Waals surface area contributed by atoms with Crippen molar-refractivity contribution in [1.29, 1.82) is 0 Å². The minimum atomic E-state index is -0.790. The predicted molar refractivity (Wildman–Crippen MR) is 77.0 cm³/mol. The van der Waals surface area contributed by atoms with Gasteiger partial charge in [-0.15, -0.1) is 0 Å². The van der Waals surface area contributed by atoms with Gasteiger partial charge in [0.1, 0.15) is 6.04 Å². The number of nitrogens with two attached hydrogens (primary N) is 1. The lowest BCUT2D eigenvalue weighted by molar-refractivity contribution is -0.139. The molecule has 4 unspecified atom stereocenters. The minimum Gasteiger partial charge on any atom is -0.480 e. The van der Waals surface area contributed by atoms with Crippen LogP contribution in [0.25, 0.3) is 0 Å².